The van der Waals surface area contributed by atoms with E-state index in [9.17, 15) is 9.59 Å². The maximum absolute atomic E-state index is 13.8. The predicted molar refractivity (Wildman–Crippen MR) is 134 cm³/mol. The molecule has 3 aromatic rings. The van der Waals surface area contributed by atoms with Crippen molar-refractivity contribution in [1.29, 1.82) is 0 Å². The van der Waals surface area contributed by atoms with Gasteiger partial charge in [0.15, 0.2) is 0 Å². The minimum Gasteiger partial charge on any atom is -0.496 e. The van der Waals surface area contributed by atoms with E-state index in [0.717, 1.165) is 45.2 Å². The number of hydrogen-bond donors (Lipinski definition) is 1. The summed E-state index contributed by atoms with van der Waals surface area (Å²) >= 11 is 1.56. The molecule has 2 aliphatic rings. The van der Waals surface area contributed by atoms with E-state index in [1.165, 1.54) is 0 Å². The Morgan fingerprint density at radius 1 is 1.15 bits per heavy atom. The van der Waals surface area contributed by atoms with Crippen LogP contribution in [0.5, 0.6) is 5.75 Å². The standard InChI is InChI=1S/C27H29N3O3S/c1-15-6-5-7-18(10-15)25-24(29-17(3)34-25)27(32)30-21(12-20-13-22(20)30)14-28-26(31)19-8-9-23(33-4)16(2)11-19/h5-11,20-22H,12-14H2,1-4H3,(H,28,31)/t20-,21-,22-/m0/s1. The normalized spacial score (nSPS) is 20.7. The van der Waals surface area contributed by atoms with Crippen LogP contribution in [0.2, 0.25) is 0 Å². The van der Waals surface area contributed by atoms with Crippen LogP contribution in [0.3, 0.4) is 0 Å². The van der Waals surface area contributed by atoms with Crippen LogP contribution in [0.15, 0.2) is 42.5 Å². The third kappa shape index (κ3) is 4.20. The fourth-order valence-electron chi connectivity index (χ4n) is 5.07. The number of likely N-dealkylation sites (tertiary alicyclic amines) is 1. The van der Waals surface area contributed by atoms with Crippen molar-refractivity contribution in [3.05, 3.63) is 69.9 Å². The molecule has 1 N–H and O–H groups in total. The van der Waals surface area contributed by atoms with Gasteiger partial charge in [0.2, 0.25) is 0 Å². The molecular formula is C27H29N3O3S. The summed E-state index contributed by atoms with van der Waals surface area (Å²) in [7, 11) is 1.62. The van der Waals surface area contributed by atoms with Gasteiger partial charge in [0, 0.05) is 18.2 Å². The summed E-state index contributed by atoms with van der Waals surface area (Å²) in [6.07, 6.45) is 1.96. The molecule has 2 aromatic carbocycles. The minimum absolute atomic E-state index is 0.0214. The molecule has 2 heterocycles. The van der Waals surface area contributed by atoms with Crippen molar-refractivity contribution in [2.75, 3.05) is 13.7 Å². The van der Waals surface area contributed by atoms with Crippen LogP contribution in [0.4, 0.5) is 0 Å². The third-order valence-electron chi connectivity index (χ3n) is 6.82. The highest BCUT2D eigenvalue weighted by molar-refractivity contribution is 7.15. The molecular weight excluding hydrogens is 446 g/mol. The SMILES string of the molecule is COc1ccc(C(=O)NC[C@@H]2C[C@H]3C[C@@H]3N2C(=O)c2nc(C)sc2-c2cccc(C)c2)cc1C. The lowest BCUT2D eigenvalue weighted by Crippen LogP contribution is -2.45. The van der Waals surface area contributed by atoms with Gasteiger partial charge in [-0.2, -0.15) is 0 Å². The molecule has 2 amide bonds. The zero-order valence-corrected chi connectivity index (χ0v) is 20.7. The molecule has 3 atom stereocenters. The number of methoxy groups -OCH3 is 1. The number of thiazole rings is 1. The second-order valence-electron chi connectivity index (χ2n) is 9.34. The Bertz CT molecular complexity index is 1270. The molecule has 34 heavy (non-hydrogen) atoms. The van der Waals surface area contributed by atoms with Crippen molar-refractivity contribution >= 4 is 23.2 Å². The molecule has 5 rings (SSSR count). The smallest absolute Gasteiger partial charge is 0.274 e. The summed E-state index contributed by atoms with van der Waals surface area (Å²) in [4.78, 5) is 34.1. The average molecular weight is 476 g/mol. The highest BCUT2D eigenvalue weighted by Crippen LogP contribution is 2.48. The van der Waals surface area contributed by atoms with E-state index in [1.54, 1.807) is 24.5 Å². The van der Waals surface area contributed by atoms with E-state index in [4.69, 9.17) is 4.74 Å². The van der Waals surface area contributed by atoms with Gasteiger partial charge in [-0.15, -0.1) is 11.3 Å². The number of ether oxygens (including phenoxy) is 1. The van der Waals surface area contributed by atoms with E-state index >= 15 is 0 Å². The van der Waals surface area contributed by atoms with E-state index in [0.29, 0.717) is 23.7 Å². The number of aryl methyl sites for hydroxylation is 3. The number of hydrogen-bond acceptors (Lipinski definition) is 5. The van der Waals surface area contributed by atoms with Gasteiger partial charge in [0.05, 0.1) is 23.0 Å². The molecule has 0 unspecified atom stereocenters. The number of amides is 2. The fraction of sp³-hybridized carbons (Fsp3) is 0.370. The van der Waals surface area contributed by atoms with Crippen molar-refractivity contribution in [1.82, 2.24) is 15.2 Å². The lowest BCUT2D eigenvalue weighted by atomic mass is 10.1. The van der Waals surface area contributed by atoms with Crippen LogP contribution in [0, 0.1) is 26.7 Å². The second kappa shape index (κ2) is 8.87. The molecule has 1 aromatic heterocycles. The van der Waals surface area contributed by atoms with Gasteiger partial charge in [-0.05, 0) is 68.9 Å². The van der Waals surface area contributed by atoms with Gasteiger partial charge >= 0.3 is 0 Å². The van der Waals surface area contributed by atoms with Crippen LogP contribution < -0.4 is 10.1 Å². The number of fused-ring (bicyclic) bond motifs is 1. The average Bonchev–Trinajstić information content (AvgIpc) is 3.30. The fourth-order valence-corrected chi connectivity index (χ4v) is 5.97. The van der Waals surface area contributed by atoms with Crippen molar-refractivity contribution in [3.8, 4) is 16.2 Å². The van der Waals surface area contributed by atoms with Gasteiger partial charge in [-0.25, -0.2) is 4.98 Å². The molecule has 1 saturated heterocycles. The quantitative estimate of drug-likeness (QED) is 0.557. The van der Waals surface area contributed by atoms with Gasteiger partial charge in [0.25, 0.3) is 11.8 Å². The molecule has 1 aliphatic heterocycles. The van der Waals surface area contributed by atoms with Crippen molar-refractivity contribution in [2.24, 2.45) is 5.92 Å². The molecule has 7 heteroatoms. The zero-order valence-electron chi connectivity index (χ0n) is 19.9. The number of benzene rings is 2. The van der Waals surface area contributed by atoms with Gasteiger partial charge in [-0.1, -0.05) is 29.8 Å². The molecule has 1 saturated carbocycles. The first-order valence-corrected chi connectivity index (χ1v) is 12.5. The maximum atomic E-state index is 13.8. The first-order chi connectivity index (χ1) is 16.4. The summed E-state index contributed by atoms with van der Waals surface area (Å²) in [6.45, 7) is 6.35. The Morgan fingerprint density at radius 2 is 1.97 bits per heavy atom. The van der Waals surface area contributed by atoms with Crippen molar-refractivity contribution in [3.63, 3.8) is 0 Å². The van der Waals surface area contributed by atoms with Crippen LogP contribution in [-0.2, 0) is 0 Å². The summed E-state index contributed by atoms with van der Waals surface area (Å²) < 4.78 is 5.29. The number of piperidine rings is 1. The van der Waals surface area contributed by atoms with Gasteiger partial charge < -0.3 is 15.0 Å². The molecule has 1 aliphatic carbocycles. The number of nitrogens with one attached hydrogen (secondary N) is 1. The zero-order chi connectivity index (χ0) is 24.0. The summed E-state index contributed by atoms with van der Waals surface area (Å²) in [6, 6.07) is 13.8. The number of nitrogens with zero attached hydrogens (tertiary/aromatic N) is 2. The molecule has 176 valence electrons. The number of carbonyl (C=O) groups excluding carboxylic acids is 2. The second-order valence-corrected chi connectivity index (χ2v) is 10.5. The summed E-state index contributed by atoms with van der Waals surface area (Å²) in [5.41, 5.74) is 4.22. The first-order valence-electron chi connectivity index (χ1n) is 11.7. The third-order valence-corrected chi connectivity index (χ3v) is 7.84. The lowest BCUT2D eigenvalue weighted by molar-refractivity contribution is 0.0684. The van der Waals surface area contributed by atoms with Crippen LogP contribution >= 0.6 is 11.3 Å². The number of aromatic nitrogens is 1. The van der Waals surface area contributed by atoms with E-state index in [1.807, 2.05) is 43.0 Å². The maximum Gasteiger partial charge on any atom is 0.274 e. The predicted octanol–water partition coefficient (Wildman–Crippen LogP) is 4.78. The van der Waals surface area contributed by atoms with Gasteiger partial charge in [-0.3, -0.25) is 9.59 Å². The Hall–Kier alpha value is -3.19. The molecule has 2 fully saturated rings. The monoisotopic (exact) mass is 475 g/mol. The van der Waals surface area contributed by atoms with Crippen LogP contribution in [0.25, 0.3) is 10.4 Å². The highest BCUT2D eigenvalue weighted by atomic mass is 32.1. The topological polar surface area (TPSA) is 71.5 Å². The lowest BCUT2D eigenvalue weighted by Gasteiger charge is -2.27. The van der Waals surface area contributed by atoms with Crippen molar-refractivity contribution in [2.45, 2.75) is 45.7 Å². The largest absolute Gasteiger partial charge is 0.496 e. The minimum atomic E-state index is -0.135. The first kappa shape index (κ1) is 22.6. The van der Waals surface area contributed by atoms with Crippen molar-refractivity contribution < 1.29 is 14.3 Å². The summed E-state index contributed by atoms with van der Waals surface area (Å²) in [5, 5.41) is 3.93. The van der Waals surface area contributed by atoms with E-state index in [2.05, 4.69) is 29.4 Å². The molecule has 6 nitrogen and oxygen atoms in total. The molecule has 0 radical (unpaired) electrons. The number of rotatable bonds is 6. The summed E-state index contributed by atoms with van der Waals surface area (Å²) in [5.74, 6) is 1.12. The Balaban J connectivity index is 1.34. The number of carbonyl (C=O) groups is 2. The van der Waals surface area contributed by atoms with Gasteiger partial charge in [0.1, 0.15) is 11.4 Å². The molecule has 0 bridgehead atoms. The van der Waals surface area contributed by atoms with E-state index < -0.39 is 0 Å². The Kier molecular flexibility index (Phi) is 5.90. The Morgan fingerprint density at radius 3 is 2.71 bits per heavy atom. The highest BCUT2D eigenvalue weighted by Gasteiger charge is 2.54. The van der Waals surface area contributed by atoms with Crippen LogP contribution in [-0.4, -0.2) is 47.4 Å². The van der Waals surface area contributed by atoms with E-state index in [-0.39, 0.29) is 23.9 Å². The Labute approximate surface area is 204 Å². The van der Waals surface area contributed by atoms with Crippen LogP contribution in [0.1, 0.15) is 49.8 Å². The molecule has 0 spiro atoms.